The largest absolute Gasteiger partial charge is 0.395 e. The monoisotopic (exact) mass is 356 g/mol. The van der Waals surface area contributed by atoms with Crippen molar-refractivity contribution in [2.45, 2.75) is 12.8 Å². The van der Waals surface area contributed by atoms with E-state index in [2.05, 4.69) is 10.3 Å². The van der Waals surface area contributed by atoms with Gasteiger partial charge in [-0.3, -0.25) is 4.79 Å². The number of pyridine rings is 1. The van der Waals surface area contributed by atoms with Gasteiger partial charge in [0.1, 0.15) is 5.82 Å². The van der Waals surface area contributed by atoms with Crippen LogP contribution in [-0.4, -0.2) is 36.8 Å². The van der Waals surface area contributed by atoms with Crippen LogP contribution in [0, 0.1) is 5.92 Å². The summed E-state index contributed by atoms with van der Waals surface area (Å²) >= 11 is 5.73. The Balaban J connectivity index is 2.06. The lowest BCUT2D eigenvalue weighted by atomic mass is 9.96. The number of carbonyl (C=O) groups is 1. The first-order valence-electron chi connectivity index (χ1n) is 7.04. The number of aliphatic hydroxyl groups excluding tert-OH is 1. The van der Waals surface area contributed by atoms with Crippen LogP contribution in [0.4, 0.5) is 5.82 Å². The van der Waals surface area contributed by atoms with Gasteiger partial charge in [-0.1, -0.05) is 23.8 Å². The van der Waals surface area contributed by atoms with E-state index in [9.17, 15) is 13.2 Å². The number of hydrogen-bond donors (Lipinski definition) is 2. The zero-order valence-corrected chi connectivity index (χ0v) is 13.8. The van der Waals surface area contributed by atoms with Gasteiger partial charge in [0.05, 0.1) is 17.4 Å². The van der Waals surface area contributed by atoms with Gasteiger partial charge in [-0.25, -0.2) is 13.4 Å². The summed E-state index contributed by atoms with van der Waals surface area (Å²) < 4.78 is 24.3. The molecule has 0 fully saturated rings. The minimum atomic E-state index is -3.56. The number of carbonyl (C=O) groups excluding carboxylic acids is 1. The molecule has 0 aromatic carbocycles. The van der Waals surface area contributed by atoms with Crippen molar-refractivity contribution in [3.8, 4) is 0 Å². The molecule has 124 valence electrons. The summed E-state index contributed by atoms with van der Waals surface area (Å²) in [6.07, 6.45) is 6.85. The lowest BCUT2D eigenvalue weighted by molar-refractivity contribution is -0.116. The molecule has 6 nitrogen and oxygen atoms in total. The number of sulfone groups is 1. The van der Waals surface area contributed by atoms with Crippen LogP contribution in [0.2, 0.25) is 5.02 Å². The number of anilines is 1. The highest BCUT2D eigenvalue weighted by Crippen LogP contribution is 2.29. The van der Waals surface area contributed by atoms with Crippen molar-refractivity contribution in [1.29, 1.82) is 0 Å². The van der Waals surface area contributed by atoms with Gasteiger partial charge < -0.3 is 10.4 Å². The minimum absolute atomic E-state index is 0.0190. The van der Waals surface area contributed by atoms with Gasteiger partial charge in [0.25, 0.3) is 0 Å². The molecule has 1 aliphatic rings. The first-order chi connectivity index (χ1) is 10.9. The summed E-state index contributed by atoms with van der Waals surface area (Å²) in [4.78, 5) is 16.3. The average molecular weight is 357 g/mol. The quantitative estimate of drug-likeness (QED) is 0.811. The van der Waals surface area contributed by atoms with E-state index in [1.165, 1.54) is 12.3 Å². The predicted octanol–water partition coefficient (Wildman–Crippen LogP) is 1.93. The smallest absolute Gasteiger partial charge is 0.226 e. The second-order valence-corrected chi connectivity index (χ2v) is 7.63. The molecule has 0 bridgehead atoms. The Morgan fingerprint density at radius 3 is 2.87 bits per heavy atom. The number of amides is 1. The van der Waals surface area contributed by atoms with Crippen LogP contribution in [-0.2, 0) is 14.6 Å². The van der Waals surface area contributed by atoms with E-state index < -0.39 is 22.4 Å². The Labute approximate surface area is 139 Å². The van der Waals surface area contributed by atoms with Gasteiger partial charge in [0.15, 0.2) is 9.84 Å². The fourth-order valence-corrected chi connectivity index (χ4v) is 3.87. The standard InChI is InChI=1S/C15H17ClN2O4S/c16-12-5-6-14(17-10-12)18-15(20)9-11-3-1-2-4-13(11)23(21,22)8-7-19/h1-2,4-6,10-11,19H,3,7-9H2,(H,17,18,20). The van der Waals surface area contributed by atoms with Crippen molar-refractivity contribution >= 4 is 33.2 Å². The Morgan fingerprint density at radius 2 is 2.22 bits per heavy atom. The minimum Gasteiger partial charge on any atom is -0.395 e. The third-order valence-electron chi connectivity index (χ3n) is 3.37. The molecule has 1 amide bonds. The Bertz CT molecular complexity index is 726. The molecule has 0 aliphatic heterocycles. The summed E-state index contributed by atoms with van der Waals surface area (Å²) in [5, 5.41) is 12.0. The SMILES string of the molecule is O=C(CC1CC=CC=C1S(=O)(=O)CCO)Nc1ccc(Cl)cn1. The second kappa shape index (κ2) is 7.72. The maximum absolute atomic E-state index is 12.2. The van der Waals surface area contributed by atoms with Crippen LogP contribution in [0.3, 0.4) is 0 Å². The fourth-order valence-electron chi connectivity index (χ4n) is 2.30. The molecule has 1 unspecified atom stereocenters. The van der Waals surface area contributed by atoms with Gasteiger partial charge in [-0.2, -0.15) is 0 Å². The third-order valence-corrected chi connectivity index (χ3v) is 5.50. The van der Waals surface area contributed by atoms with E-state index in [0.29, 0.717) is 17.3 Å². The predicted molar refractivity (Wildman–Crippen MR) is 88.7 cm³/mol. The zero-order chi connectivity index (χ0) is 16.9. The fraction of sp³-hybridized carbons (Fsp3) is 0.333. The van der Waals surface area contributed by atoms with Gasteiger partial charge >= 0.3 is 0 Å². The molecule has 1 aromatic heterocycles. The molecule has 2 N–H and O–H groups in total. The molecule has 1 aliphatic carbocycles. The zero-order valence-electron chi connectivity index (χ0n) is 12.3. The maximum Gasteiger partial charge on any atom is 0.226 e. The van der Waals surface area contributed by atoms with Crippen LogP contribution in [0.5, 0.6) is 0 Å². The normalized spacial score (nSPS) is 17.7. The van der Waals surface area contributed by atoms with Crippen molar-refractivity contribution in [2.24, 2.45) is 5.92 Å². The van der Waals surface area contributed by atoms with Crippen molar-refractivity contribution < 1.29 is 18.3 Å². The number of aliphatic hydroxyl groups is 1. The van der Waals surface area contributed by atoms with Crippen LogP contribution in [0.25, 0.3) is 0 Å². The third kappa shape index (κ3) is 4.89. The number of rotatable bonds is 6. The number of allylic oxidation sites excluding steroid dienone is 4. The highest BCUT2D eigenvalue weighted by atomic mass is 35.5. The first-order valence-corrected chi connectivity index (χ1v) is 9.07. The van der Waals surface area contributed by atoms with Crippen LogP contribution >= 0.6 is 11.6 Å². The van der Waals surface area contributed by atoms with E-state index in [1.807, 2.05) is 6.08 Å². The van der Waals surface area contributed by atoms with Crippen molar-refractivity contribution in [1.82, 2.24) is 4.98 Å². The first kappa shape index (κ1) is 17.7. The maximum atomic E-state index is 12.2. The highest BCUT2D eigenvalue weighted by molar-refractivity contribution is 7.95. The number of hydrogen-bond acceptors (Lipinski definition) is 5. The van der Waals surface area contributed by atoms with Crippen LogP contribution in [0.15, 0.2) is 41.5 Å². The lowest BCUT2D eigenvalue weighted by Crippen LogP contribution is -2.24. The van der Waals surface area contributed by atoms with Gasteiger partial charge in [-0.05, 0) is 24.6 Å². The van der Waals surface area contributed by atoms with E-state index >= 15 is 0 Å². The molecule has 23 heavy (non-hydrogen) atoms. The summed E-state index contributed by atoms with van der Waals surface area (Å²) in [6.45, 7) is -0.447. The molecule has 1 aromatic rings. The number of nitrogens with zero attached hydrogens (tertiary/aromatic N) is 1. The Kier molecular flexibility index (Phi) is 5.92. The average Bonchev–Trinajstić information content (AvgIpc) is 2.50. The van der Waals surface area contributed by atoms with Crippen molar-refractivity contribution in [2.75, 3.05) is 17.7 Å². The Hall–Kier alpha value is -1.70. The topological polar surface area (TPSA) is 96.4 Å². The molecular weight excluding hydrogens is 340 g/mol. The lowest BCUT2D eigenvalue weighted by Gasteiger charge is -2.20. The highest BCUT2D eigenvalue weighted by Gasteiger charge is 2.28. The number of nitrogens with one attached hydrogen (secondary N) is 1. The van der Waals surface area contributed by atoms with E-state index in [-0.39, 0.29) is 23.0 Å². The molecule has 0 saturated carbocycles. The molecular formula is C15H17ClN2O4S. The summed E-state index contributed by atoms with van der Waals surface area (Å²) in [5.41, 5.74) is 0. The van der Waals surface area contributed by atoms with E-state index in [1.54, 1.807) is 18.2 Å². The van der Waals surface area contributed by atoms with Gasteiger partial charge in [-0.15, -0.1) is 0 Å². The van der Waals surface area contributed by atoms with Crippen molar-refractivity contribution in [3.63, 3.8) is 0 Å². The molecule has 2 rings (SSSR count). The second-order valence-electron chi connectivity index (χ2n) is 5.09. The number of halogens is 1. The van der Waals surface area contributed by atoms with Crippen LogP contribution < -0.4 is 5.32 Å². The molecule has 0 spiro atoms. The van der Waals surface area contributed by atoms with Gasteiger partial charge in [0, 0.05) is 23.4 Å². The van der Waals surface area contributed by atoms with E-state index in [4.69, 9.17) is 16.7 Å². The van der Waals surface area contributed by atoms with Crippen LogP contribution in [0.1, 0.15) is 12.8 Å². The number of aromatic nitrogens is 1. The van der Waals surface area contributed by atoms with E-state index in [0.717, 1.165) is 0 Å². The molecule has 8 heteroatoms. The van der Waals surface area contributed by atoms with Gasteiger partial charge in [0.2, 0.25) is 5.91 Å². The van der Waals surface area contributed by atoms with Crippen molar-refractivity contribution in [3.05, 3.63) is 46.5 Å². The molecule has 0 saturated heterocycles. The summed E-state index contributed by atoms with van der Waals surface area (Å²) in [5.74, 6) is -0.757. The Morgan fingerprint density at radius 1 is 1.43 bits per heavy atom. The molecule has 1 atom stereocenters. The molecule has 1 heterocycles. The summed E-state index contributed by atoms with van der Waals surface area (Å²) in [7, 11) is -3.56. The summed E-state index contributed by atoms with van der Waals surface area (Å²) in [6, 6.07) is 3.17. The molecule has 0 radical (unpaired) electrons.